The van der Waals surface area contributed by atoms with E-state index in [1.807, 2.05) is 11.4 Å². The molecular weight excluding hydrogens is 268 g/mol. The average molecular weight is 289 g/mol. The number of thiophene rings is 1. The van der Waals surface area contributed by atoms with Crippen LogP contribution in [0.25, 0.3) is 0 Å². The predicted molar refractivity (Wildman–Crippen MR) is 78.6 cm³/mol. The van der Waals surface area contributed by atoms with Gasteiger partial charge >= 0.3 is 0 Å². The van der Waals surface area contributed by atoms with Crippen molar-refractivity contribution in [1.82, 2.24) is 5.32 Å². The van der Waals surface area contributed by atoms with Gasteiger partial charge in [-0.15, -0.1) is 23.7 Å². The molecule has 1 aliphatic rings. The third kappa shape index (κ3) is 3.25. The quantitative estimate of drug-likeness (QED) is 0.895. The van der Waals surface area contributed by atoms with Crippen LogP contribution >= 0.6 is 23.7 Å². The molecule has 1 saturated carbocycles. The number of nitrogens with one attached hydrogen (secondary N) is 1. The van der Waals surface area contributed by atoms with E-state index in [0.717, 1.165) is 29.7 Å². The van der Waals surface area contributed by atoms with Gasteiger partial charge in [0.15, 0.2) is 0 Å². The lowest BCUT2D eigenvalue weighted by Crippen LogP contribution is -2.39. The van der Waals surface area contributed by atoms with E-state index in [2.05, 4.69) is 12.2 Å². The van der Waals surface area contributed by atoms with Crippen molar-refractivity contribution in [2.75, 3.05) is 6.54 Å². The lowest BCUT2D eigenvalue weighted by atomic mass is 10.0. The lowest BCUT2D eigenvalue weighted by Gasteiger charge is -2.19. The van der Waals surface area contributed by atoms with Gasteiger partial charge in [0.25, 0.3) is 5.91 Å². The van der Waals surface area contributed by atoms with Crippen LogP contribution in [0.1, 0.15) is 41.4 Å². The molecule has 0 saturated heterocycles. The first-order valence-corrected chi connectivity index (χ1v) is 7.21. The highest BCUT2D eigenvalue weighted by Gasteiger charge is 2.28. The summed E-state index contributed by atoms with van der Waals surface area (Å²) in [5.74, 6) is 0.547. The highest BCUT2D eigenvalue weighted by atomic mass is 35.5. The molecule has 1 heterocycles. The summed E-state index contributed by atoms with van der Waals surface area (Å²) in [7, 11) is 0. The fourth-order valence-electron chi connectivity index (χ4n) is 2.56. The maximum Gasteiger partial charge on any atom is 0.261 e. The van der Waals surface area contributed by atoms with Gasteiger partial charge in [0.05, 0.1) is 4.88 Å². The van der Waals surface area contributed by atoms with Crippen molar-refractivity contribution in [2.24, 2.45) is 11.7 Å². The first-order chi connectivity index (χ1) is 8.26. The fraction of sp³-hybridized carbons (Fsp3) is 0.615. The van der Waals surface area contributed by atoms with Crippen molar-refractivity contribution in [3.63, 3.8) is 0 Å². The molecule has 2 unspecified atom stereocenters. The molecule has 2 atom stereocenters. The zero-order valence-corrected chi connectivity index (χ0v) is 12.3. The second-order valence-electron chi connectivity index (χ2n) is 4.64. The van der Waals surface area contributed by atoms with Crippen LogP contribution in [0.5, 0.6) is 0 Å². The Morgan fingerprint density at radius 1 is 1.56 bits per heavy atom. The summed E-state index contributed by atoms with van der Waals surface area (Å²) in [5.41, 5.74) is 6.87. The Morgan fingerprint density at radius 3 is 3.00 bits per heavy atom. The first kappa shape index (κ1) is 15.5. The van der Waals surface area contributed by atoms with Crippen LogP contribution in [0.2, 0.25) is 0 Å². The molecule has 1 amide bonds. The maximum atomic E-state index is 12.2. The van der Waals surface area contributed by atoms with E-state index in [1.165, 1.54) is 17.8 Å². The van der Waals surface area contributed by atoms with Gasteiger partial charge in [-0.1, -0.05) is 13.3 Å². The van der Waals surface area contributed by atoms with E-state index in [1.54, 1.807) is 0 Å². The molecule has 5 heteroatoms. The van der Waals surface area contributed by atoms with Gasteiger partial charge in [-0.05, 0) is 48.7 Å². The molecule has 18 heavy (non-hydrogen) atoms. The van der Waals surface area contributed by atoms with Crippen LogP contribution in [-0.2, 0) is 6.42 Å². The number of aryl methyl sites for hydroxylation is 1. The number of amides is 1. The molecule has 1 fully saturated rings. The van der Waals surface area contributed by atoms with E-state index in [4.69, 9.17) is 5.73 Å². The number of nitrogens with two attached hydrogens (primary N) is 1. The van der Waals surface area contributed by atoms with E-state index >= 15 is 0 Å². The molecule has 3 N–H and O–H groups in total. The highest BCUT2D eigenvalue weighted by Crippen LogP contribution is 2.25. The van der Waals surface area contributed by atoms with Crippen molar-refractivity contribution < 1.29 is 4.79 Å². The van der Waals surface area contributed by atoms with Gasteiger partial charge < -0.3 is 11.1 Å². The van der Waals surface area contributed by atoms with E-state index < -0.39 is 0 Å². The Hall–Kier alpha value is -0.580. The monoisotopic (exact) mass is 288 g/mol. The standard InChI is InChI=1S/C13H20N2OS.ClH/c1-2-9-6-7-17-12(9)13(16)15-11-5-3-4-10(11)8-14;/h6-7,10-11H,2-5,8,14H2,1H3,(H,15,16);1H. The SMILES string of the molecule is CCc1ccsc1C(=O)NC1CCCC1CN.Cl. The molecule has 0 spiro atoms. The highest BCUT2D eigenvalue weighted by molar-refractivity contribution is 7.12. The van der Waals surface area contributed by atoms with Gasteiger partial charge in [0.2, 0.25) is 0 Å². The predicted octanol–water partition coefficient (Wildman–Crippen LogP) is 2.59. The summed E-state index contributed by atoms with van der Waals surface area (Å²) in [5, 5.41) is 5.14. The van der Waals surface area contributed by atoms with Crippen LogP contribution in [0.3, 0.4) is 0 Å². The van der Waals surface area contributed by atoms with Crippen LogP contribution in [-0.4, -0.2) is 18.5 Å². The molecule has 1 aromatic heterocycles. The summed E-state index contributed by atoms with van der Waals surface area (Å²) in [6.07, 6.45) is 4.31. The summed E-state index contributed by atoms with van der Waals surface area (Å²) >= 11 is 1.53. The van der Waals surface area contributed by atoms with Gasteiger partial charge in [-0.25, -0.2) is 0 Å². The van der Waals surface area contributed by atoms with Crippen LogP contribution < -0.4 is 11.1 Å². The third-order valence-corrected chi connectivity index (χ3v) is 4.57. The molecule has 0 aliphatic heterocycles. The minimum Gasteiger partial charge on any atom is -0.348 e. The largest absolute Gasteiger partial charge is 0.348 e. The van der Waals surface area contributed by atoms with Gasteiger partial charge in [-0.2, -0.15) is 0 Å². The number of rotatable bonds is 4. The number of halogens is 1. The van der Waals surface area contributed by atoms with Gasteiger partial charge in [0, 0.05) is 6.04 Å². The molecule has 3 nitrogen and oxygen atoms in total. The van der Waals surface area contributed by atoms with E-state index in [0.29, 0.717) is 12.5 Å². The maximum absolute atomic E-state index is 12.2. The molecule has 102 valence electrons. The van der Waals surface area contributed by atoms with E-state index in [-0.39, 0.29) is 24.4 Å². The normalized spacial score (nSPS) is 22.6. The molecule has 0 radical (unpaired) electrons. The van der Waals surface area contributed by atoms with E-state index in [9.17, 15) is 4.79 Å². The second-order valence-corrected chi connectivity index (χ2v) is 5.55. The summed E-state index contributed by atoms with van der Waals surface area (Å²) in [6.45, 7) is 2.76. The second kappa shape index (κ2) is 7.12. The topological polar surface area (TPSA) is 55.1 Å². The van der Waals surface area contributed by atoms with Crippen molar-refractivity contribution in [3.05, 3.63) is 21.9 Å². The zero-order valence-electron chi connectivity index (χ0n) is 10.6. The molecule has 1 aliphatic carbocycles. The first-order valence-electron chi connectivity index (χ1n) is 6.33. The van der Waals surface area contributed by atoms with Gasteiger partial charge in [-0.3, -0.25) is 4.79 Å². The molecular formula is C13H21ClN2OS. The molecule has 2 rings (SSSR count). The Morgan fingerprint density at radius 2 is 2.33 bits per heavy atom. The minimum absolute atomic E-state index is 0. The number of hydrogen-bond donors (Lipinski definition) is 2. The molecule has 0 bridgehead atoms. The minimum atomic E-state index is 0. The van der Waals surface area contributed by atoms with Crippen molar-refractivity contribution >= 4 is 29.7 Å². The van der Waals surface area contributed by atoms with Crippen LogP contribution in [0, 0.1) is 5.92 Å². The Labute approximate surface area is 119 Å². The van der Waals surface area contributed by atoms with Crippen LogP contribution in [0.15, 0.2) is 11.4 Å². The molecule has 0 aromatic carbocycles. The van der Waals surface area contributed by atoms with Crippen molar-refractivity contribution in [2.45, 2.75) is 38.6 Å². The summed E-state index contributed by atoms with van der Waals surface area (Å²) in [6, 6.07) is 2.31. The number of carbonyl (C=O) groups excluding carboxylic acids is 1. The van der Waals surface area contributed by atoms with Crippen molar-refractivity contribution in [1.29, 1.82) is 0 Å². The third-order valence-electron chi connectivity index (χ3n) is 3.61. The Bertz CT molecular complexity index is 394. The molecule has 1 aromatic rings. The smallest absolute Gasteiger partial charge is 0.261 e. The van der Waals surface area contributed by atoms with Gasteiger partial charge in [0.1, 0.15) is 0 Å². The zero-order chi connectivity index (χ0) is 12.3. The fourth-order valence-corrected chi connectivity index (χ4v) is 3.45. The Kier molecular flexibility index (Phi) is 6.12. The summed E-state index contributed by atoms with van der Waals surface area (Å²) < 4.78 is 0. The van der Waals surface area contributed by atoms with Crippen molar-refractivity contribution in [3.8, 4) is 0 Å². The van der Waals surface area contributed by atoms with Crippen LogP contribution in [0.4, 0.5) is 0 Å². The Balaban J connectivity index is 0.00000162. The number of carbonyl (C=O) groups is 1. The summed E-state index contributed by atoms with van der Waals surface area (Å²) in [4.78, 5) is 13.0. The average Bonchev–Trinajstić information content (AvgIpc) is 2.96. The number of hydrogen-bond acceptors (Lipinski definition) is 3. The lowest BCUT2D eigenvalue weighted by molar-refractivity contribution is 0.0932.